The number of hydrogen-bond acceptors (Lipinski definition) is 5. The molecule has 1 aromatic carbocycles. The molecule has 0 spiro atoms. The van der Waals surface area contributed by atoms with Crippen LogP contribution in [0.3, 0.4) is 0 Å². The van der Waals surface area contributed by atoms with Crippen LogP contribution in [-0.2, 0) is 0 Å². The van der Waals surface area contributed by atoms with E-state index in [1.54, 1.807) is 18.3 Å². The van der Waals surface area contributed by atoms with Gasteiger partial charge in [-0.25, -0.2) is 4.52 Å². The monoisotopic (exact) mass is 275 g/mol. The first-order chi connectivity index (χ1) is 9.15. The Hall–Kier alpha value is -2.54. The Morgan fingerprint density at radius 2 is 2.00 bits per heavy atom. The SMILES string of the molecule is O=[N+]([O-])c1ccc(-c2cn3ncnc3nc2Cl)cc1. The summed E-state index contributed by atoms with van der Waals surface area (Å²) in [4.78, 5) is 18.2. The second-order valence-corrected chi connectivity index (χ2v) is 4.11. The van der Waals surface area contributed by atoms with Crippen LogP contribution in [-0.4, -0.2) is 24.5 Å². The number of benzene rings is 1. The van der Waals surface area contributed by atoms with Gasteiger partial charge in [0.1, 0.15) is 11.5 Å². The molecule has 0 atom stereocenters. The van der Waals surface area contributed by atoms with Crippen LogP contribution in [0.1, 0.15) is 0 Å². The Bertz CT molecular complexity index is 768. The van der Waals surface area contributed by atoms with E-state index in [1.165, 1.54) is 23.0 Å². The summed E-state index contributed by atoms with van der Waals surface area (Å²) < 4.78 is 1.49. The van der Waals surface area contributed by atoms with Crippen LogP contribution in [0, 0.1) is 10.1 Å². The average Bonchev–Trinajstić information content (AvgIpc) is 2.85. The maximum atomic E-state index is 10.6. The average molecular weight is 276 g/mol. The molecule has 0 amide bonds. The van der Waals surface area contributed by atoms with E-state index >= 15 is 0 Å². The van der Waals surface area contributed by atoms with Gasteiger partial charge in [0, 0.05) is 23.9 Å². The summed E-state index contributed by atoms with van der Waals surface area (Å²) in [5.74, 6) is 0.399. The smallest absolute Gasteiger partial charge is 0.258 e. The molecule has 2 aromatic heterocycles. The van der Waals surface area contributed by atoms with Gasteiger partial charge in [-0.3, -0.25) is 10.1 Å². The zero-order valence-corrected chi connectivity index (χ0v) is 10.2. The minimum Gasteiger partial charge on any atom is -0.258 e. The Labute approximate surface area is 111 Å². The van der Waals surface area contributed by atoms with Gasteiger partial charge in [0.2, 0.25) is 0 Å². The number of hydrogen-bond donors (Lipinski definition) is 0. The lowest BCUT2D eigenvalue weighted by molar-refractivity contribution is -0.384. The van der Waals surface area contributed by atoms with E-state index in [9.17, 15) is 10.1 Å². The molecule has 2 heterocycles. The van der Waals surface area contributed by atoms with Crippen molar-refractivity contribution in [3.05, 3.63) is 52.1 Å². The van der Waals surface area contributed by atoms with E-state index < -0.39 is 4.92 Å². The van der Waals surface area contributed by atoms with Crippen LogP contribution in [0.4, 0.5) is 5.69 Å². The standard InChI is InChI=1S/C11H6ClN5O2/c12-10-9(5-16-11(15-10)13-6-14-16)7-1-3-8(4-2-7)17(18)19/h1-6H. The zero-order chi connectivity index (χ0) is 13.4. The lowest BCUT2D eigenvalue weighted by Gasteiger charge is -2.03. The normalized spacial score (nSPS) is 10.8. The van der Waals surface area contributed by atoms with Gasteiger partial charge >= 0.3 is 0 Å². The number of fused-ring (bicyclic) bond motifs is 1. The molecule has 8 heteroatoms. The highest BCUT2D eigenvalue weighted by atomic mass is 35.5. The fraction of sp³-hybridized carbons (Fsp3) is 0. The second kappa shape index (κ2) is 4.29. The number of aromatic nitrogens is 4. The van der Waals surface area contributed by atoms with E-state index in [1.807, 2.05) is 0 Å². The van der Waals surface area contributed by atoms with E-state index in [0.717, 1.165) is 5.56 Å². The predicted octanol–water partition coefficient (Wildman–Crippen LogP) is 2.35. The molecule has 0 radical (unpaired) electrons. The fourth-order valence-electron chi connectivity index (χ4n) is 1.69. The van der Waals surface area contributed by atoms with Gasteiger partial charge in [-0.1, -0.05) is 11.6 Å². The second-order valence-electron chi connectivity index (χ2n) is 3.75. The maximum absolute atomic E-state index is 10.6. The summed E-state index contributed by atoms with van der Waals surface area (Å²) in [7, 11) is 0. The number of halogens is 1. The molecule has 0 saturated heterocycles. The van der Waals surface area contributed by atoms with Crippen molar-refractivity contribution in [1.82, 2.24) is 19.6 Å². The molecule has 0 saturated carbocycles. The summed E-state index contributed by atoms with van der Waals surface area (Å²) >= 11 is 6.07. The third kappa shape index (κ3) is 2.00. The lowest BCUT2D eigenvalue weighted by atomic mass is 10.1. The predicted molar refractivity (Wildman–Crippen MR) is 67.9 cm³/mol. The topological polar surface area (TPSA) is 86.2 Å². The molecule has 0 N–H and O–H groups in total. The van der Waals surface area contributed by atoms with Crippen LogP contribution in [0.25, 0.3) is 16.9 Å². The number of rotatable bonds is 2. The Morgan fingerprint density at radius 1 is 1.26 bits per heavy atom. The lowest BCUT2D eigenvalue weighted by Crippen LogP contribution is -1.94. The number of nitro benzene ring substituents is 1. The van der Waals surface area contributed by atoms with Crippen molar-refractivity contribution in [2.75, 3.05) is 0 Å². The maximum Gasteiger partial charge on any atom is 0.269 e. The molecule has 0 unspecified atom stereocenters. The molecule has 3 rings (SSSR count). The molecular formula is C11H6ClN5O2. The molecule has 7 nitrogen and oxygen atoms in total. The molecule has 3 aromatic rings. The summed E-state index contributed by atoms with van der Waals surface area (Å²) in [6, 6.07) is 6.06. The minimum absolute atomic E-state index is 0.0228. The zero-order valence-electron chi connectivity index (χ0n) is 9.39. The summed E-state index contributed by atoms with van der Waals surface area (Å²) in [5.41, 5.74) is 1.38. The highest BCUT2D eigenvalue weighted by Gasteiger charge is 2.10. The third-order valence-corrected chi connectivity index (χ3v) is 2.90. The summed E-state index contributed by atoms with van der Waals surface area (Å²) in [6.45, 7) is 0. The largest absolute Gasteiger partial charge is 0.269 e. The van der Waals surface area contributed by atoms with Crippen molar-refractivity contribution in [1.29, 1.82) is 0 Å². The van der Waals surface area contributed by atoms with E-state index in [4.69, 9.17) is 11.6 Å². The highest BCUT2D eigenvalue weighted by Crippen LogP contribution is 2.27. The number of nitro groups is 1. The van der Waals surface area contributed by atoms with Crippen molar-refractivity contribution in [2.45, 2.75) is 0 Å². The van der Waals surface area contributed by atoms with Gasteiger partial charge in [0.15, 0.2) is 0 Å². The van der Waals surface area contributed by atoms with Crippen molar-refractivity contribution in [3.8, 4) is 11.1 Å². The molecule has 0 aliphatic rings. The van der Waals surface area contributed by atoms with Gasteiger partial charge in [-0.15, -0.1) is 0 Å². The molecule has 0 aliphatic carbocycles. The highest BCUT2D eigenvalue weighted by molar-refractivity contribution is 6.32. The van der Waals surface area contributed by atoms with E-state index in [-0.39, 0.29) is 10.8 Å². The fourth-order valence-corrected chi connectivity index (χ4v) is 1.93. The molecule has 0 fully saturated rings. The van der Waals surface area contributed by atoms with Crippen LogP contribution < -0.4 is 0 Å². The van der Waals surface area contributed by atoms with Gasteiger partial charge in [-0.05, 0) is 17.7 Å². The number of nitrogens with zero attached hydrogens (tertiary/aromatic N) is 5. The van der Waals surface area contributed by atoms with Crippen molar-refractivity contribution in [3.63, 3.8) is 0 Å². The van der Waals surface area contributed by atoms with E-state index in [0.29, 0.717) is 11.3 Å². The number of non-ortho nitro benzene ring substituents is 1. The Morgan fingerprint density at radius 3 is 2.68 bits per heavy atom. The van der Waals surface area contributed by atoms with Crippen LogP contribution in [0.15, 0.2) is 36.8 Å². The van der Waals surface area contributed by atoms with Crippen molar-refractivity contribution >= 4 is 23.1 Å². The molecular weight excluding hydrogens is 270 g/mol. The van der Waals surface area contributed by atoms with Gasteiger partial charge < -0.3 is 0 Å². The first kappa shape index (κ1) is 11.5. The van der Waals surface area contributed by atoms with Crippen molar-refractivity contribution < 1.29 is 4.92 Å². The van der Waals surface area contributed by atoms with Gasteiger partial charge in [0.25, 0.3) is 11.5 Å². The van der Waals surface area contributed by atoms with Crippen LogP contribution in [0.2, 0.25) is 5.15 Å². The first-order valence-electron chi connectivity index (χ1n) is 5.26. The minimum atomic E-state index is -0.454. The molecule has 0 aliphatic heterocycles. The van der Waals surface area contributed by atoms with Crippen molar-refractivity contribution in [2.24, 2.45) is 0 Å². The molecule has 0 bridgehead atoms. The van der Waals surface area contributed by atoms with Gasteiger partial charge in [-0.2, -0.15) is 15.1 Å². The quantitative estimate of drug-likeness (QED) is 0.407. The van der Waals surface area contributed by atoms with Crippen LogP contribution in [0.5, 0.6) is 0 Å². The molecule has 19 heavy (non-hydrogen) atoms. The summed E-state index contributed by atoms with van der Waals surface area (Å²) in [6.07, 6.45) is 3.05. The first-order valence-corrected chi connectivity index (χ1v) is 5.63. The molecule has 94 valence electrons. The van der Waals surface area contributed by atoms with E-state index in [2.05, 4.69) is 15.1 Å². The summed E-state index contributed by atoms with van der Waals surface area (Å²) in [5, 5.41) is 14.8. The van der Waals surface area contributed by atoms with Crippen LogP contribution >= 0.6 is 11.6 Å². The Balaban J connectivity index is 2.12. The third-order valence-electron chi connectivity index (χ3n) is 2.62. The van der Waals surface area contributed by atoms with Gasteiger partial charge in [0.05, 0.1) is 4.92 Å². The Kier molecular flexibility index (Phi) is 2.60.